The summed E-state index contributed by atoms with van der Waals surface area (Å²) < 4.78 is 14.0. The Labute approximate surface area is 160 Å². The van der Waals surface area contributed by atoms with Crippen LogP contribution in [-0.4, -0.2) is 42.4 Å². The Bertz CT molecular complexity index is 798. The van der Waals surface area contributed by atoms with Gasteiger partial charge in [0.05, 0.1) is 12.0 Å². The number of benzene rings is 2. The fourth-order valence-corrected chi connectivity index (χ4v) is 4.52. The molecule has 0 radical (unpaired) electrons. The third-order valence-electron chi connectivity index (χ3n) is 6.08. The summed E-state index contributed by atoms with van der Waals surface area (Å²) in [5.41, 5.74) is 2.61. The average molecular weight is 366 g/mol. The lowest BCUT2D eigenvalue weighted by molar-refractivity contribution is -0.131. The lowest BCUT2D eigenvalue weighted by Crippen LogP contribution is -2.36. The first-order chi connectivity index (χ1) is 13.1. The molecule has 4 heteroatoms. The first-order valence-corrected chi connectivity index (χ1v) is 9.97. The smallest absolute Gasteiger partial charge is 0.227 e. The number of hydrogen-bond donors (Lipinski definition) is 0. The number of piperidine rings is 1. The largest absolute Gasteiger partial charge is 0.338 e. The third-order valence-corrected chi connectivity index (χ3v) is 6.08. The van der Waals surface area contributed by atoms with E-state index in [2.05, 4.69) is 4.90 Å². The Balaban J connectivity index is 1.48. The molecule has 2 aromatic rings. The summed E-state index contributed by atoms with van der Waals surface area (Å²) in [6.45, 7) is 3.12. The van der Waals surface area contributed by atoms with Gasteiger partial charge in [0.15, 0.2) is 0 Å². The van der Waals surface area contributed by atoms with E-state index in [1.807, 2.05) is 42.3 Å². The van der Waals surface area contributed by atoms with Crippen molar-refractivity contribution in [3.63, 3.8) is 0 Å². The van der Waals surface area contributed by atoms with Crippen LogP contribution in [0.1, 0.15) is 37.3 Å². The molecule has 2 aliphatic rings. The molecule has 2 aromatic carbocycles. The standard InChI is InChI=1S/C23H27FN2O/c1-25-22(15-19(23(25)27)16-26-13-5-2-6-14-26)18-11-9-17(10-12-18)20-7-3-4-8-21(20)24/h3-4,7-12,19,22H,2,5-6,13-16H2,1H3. The number of rotatable bonds is 4. The summed E-state index contributed by atoms with van der Waals surface area (Å²) in [5, 5.41) is 0. The number of carbonyl (C=O) groups excluding carboxylic acids is 1. The Morgan fingerprint density at radius 1 is 1.00 bits per heavy atom. The highest BCUT2D eigenvalue weighted by atomic mass is 19.1. The minimum absolute atomic E-state index is 0.0874. The predicted octanol–water partition coefficient (Wildman–Crippen LogP) is 4.50. The van der Waals surface area contributed by atoms with E-state index in [9.17, 15) is 9.18 Å². The van der Waals surface area contributed by atoms with E-state index in [1.54, 1.807) is 12.1 Å². The van der Waals surface area contributed by atoms with E-state index in [1.165, 1.54) is 25.3 Å². The fraction of sp³-hybridized carbons (Fsp3) is 0.435. The molecule has 0 saturated carbocycles. The van der Waals surface area contributed by atoms with Crippen molar-refractivity contribution in [2.24, 2.45) is 5.92 Å². The molecule has 2 atom stereocenters. The second-order valence-corrected chi connectivity index (χ2v) is 7.86. The van der Waals surface area contributed by atoms with Crippen molar-refractivity contribution >= 4 is 5.91 Å². The molecule has 0 spiro atoms. The van der Waals surface area contributed by atoms with Crippen LogP contribution in [0, 0.1) is 11.7 Å². The van der Waals surface area contributed by atoms with Crippen molar-refractivity contribution in [1.29, 1.82) is 0 Å². The van der Waals surface area contributed by atoms with Crippen molar-refractivity contribution in [2.75, 3.05) is 26.7 Å². The number of amides is 1. The van der Waals surface area contributed by atoms with E-state index in [0.29, 0.717) is 5.56 Å². The number of hydrogen-bond acceptors (Lipinski definition) is 2. The summed E-state index contributed by atoms with van der Waals surface area (Å²) >= 11 is 0. The second kappa shape index (κ2) is 7.81. The second-order valence-electron chi connectivity index (χ2n) is 7.86. The van der Waals surface area contributed by atoms with Crippen LogP contribution in [0.25, 0.3) is 11.1 Å². The van der Waals surface area contributed by atoms with E-state index in [0.717, 1.165) is 37.2 Å². The summed E-state index contributed by atoms with van der Waals surface area (Å²) in [7, 11) is 1.91. The Morgan fingerprint density at radius 2 is 1.70 bits per heavy atom. The van der Waals surface area contributed by atoms with Gasteiger partial charge >= 0.3 is 0 Å². The quantitative estimate of drug-likeness (QED) is 0.795. The van der Waals surface area contributed by atoms with E-state index >= 15 is 0 Å². The van der Waals surface area contributed by atoms with Crippen LogP contribution in [0.2, 0.25) is 0 Å². The van der Waals surface area contributed by atoms with Gasteiger partial charge in [-0.2, -0.15) is 0 Å². The van der Waals surface area contributed by atoms with Gasteiger partial charge in [-0.3, -0.25) is 4.79 Å². The monoisotopic (exact) mass is 366 g/mol. The number of halogens is 1. The van der Waals surface area contributed by atoms with Gasteiger partial charge in [-0.25, -0.2) is 4.39 Å². The Kier molecular flexibility index (Phi) is 5.26. The zero-order valence-corrected chi connectivity index (χ0v) is 15.9. The molecule has 2 unspecified atom stereocenters. The molecule has 2 fully saturated rings. The normalized spacial score (nSPS) is 23.8. The predicted molar refractivity (Wildman–Crippen MR) is 106 cm³/mol. The Hall–Kier alpha value is -2.20. The van der Waals surface area contributed by atoms with Crippen molar-refractivity contribution in [2.45, 2.75) is 31.7 Å². The molecule has 142 valence electrons. The van der Waals surface area contributed by atoms with Crippen molar-refractivity contribution < 1.29 is 9.18 Å². The van der Waals surface area contributed by atoms with Crippen molar-refractivity contribution in [3.05, 3.63) is 59.9 Å². The van der Waals surface area contributed by atoms with Gasteiger partial charge in [0.2, 0.25) is 5.91 Å². The zero-order chi connectivity index (χ0) is 18.8. The van der Waals surface area contributed by atoms with Gasteiger partial charge in [-0.15, -0.1) is 0 Å². The molecule has 4 rings (SSSR count). The van der Waals surface area contributed by atoms with Gasteiger partial charge in [-0.05, 0) is 49.5 Å². The lowest BCUT2D eigenvalue weighted by Gasteiger charge is -2.28. The van der Waals surface area contributed by atoms with E-state index < -0.39 is 0 Å². The van der Waals surface area contributed by atoms with Crippen molar-refractivity contribution in [1.82, 2.24) is 9.80 Å². The maximum absolute atomic E-state index is 14.0. The molecule has 0 aromatic heterocycles. The topological polar surface area (TPSA) is 23.6 Å². The molecule has 27 heavy (non-hydrogen) atoms. The molecule has 2 aliphatic heterocycles. The number of nitrogens with zero attached hydrogens (tertiary/aromatic N) is 2. The molecule has 1 amide bonds. The molecule has 0 N–H and O–H groups in total. The average Bonchev–Trinajstić information content (AvgIpc) is 2.98. The minimum atomic E-state index is -0.208. The molecule has 0 aliphatic carbocycles. The number of carbonyl (C=O) groups is 1. The summed E-state index contributed by atoms with van der Waals surface area (Å²) in [6.07, 6.45) is 4.67. The maximum Gasteiger partial charge on any atom is 0.227 e. The van der Waals surface area contributed by atoms with Crippen LogP contribution in [0.4, 0.5) is 4.39 Å². The first-order valence-electron chi connectivity index (χ1n) is 9.97. The summed E-state index contributed by atoms with van der Waals surface area (Å²) in [5.74, 6) is 0.133. The van der Waals surface area contributed by atoms with Crippen LogP contribution in [0.15, 0.2) is 48.5 Å². The van der Waals surface area contributed by atoms with Crippen molar-refractivity contribution in [3.8, 4) is 11.1 Å². The van der Waals surface area contributed by atoms with Gasteiger partial charge < -0.3 is 9.80 Å². The zero-order valence-electron chi connectivity index (χ0n) is 15.9. The highest BCUT2D eigenvalue weighted by Gasteiger charge is 2.38. The number of likely N-dealkylation sites (tertiary alicyclic amines) is 2. The van der Waals surface area contributed by atoms with Gasteiger partial charge in [0, 0.05) is 19.2 Å². The van der Waals surface area contributed by atoms with Gasteiger partial charge in [0.25, 0.3) is 0 Å². The van der Waals surface area contributed by atoms with Gasteiger partial charge in [-0.1, -0.05) is 48.9 Å². The van der Waals surface area contributed by atoms with Gasteiger partial charge in [0.1, 0.15) is 5.82 Å². The molecule has 3 nitrogen and oxygen atoms in total. The lowest BCUT2D eigenvalue weighted by atomic mass is 9.96. The summed E-state index contributed by atoms with van der Waals surface area (Å²) in [6, 6.07) is 15.0. The highest BCUT2D eigenvalue weighted by Crippen LogP contribution is 2.36. The maximum atomic E-state index is 14.0. The van der Waals surface area contributed by atoms with E-state index in [-0.39, 0.29) is 23.7 Å². The fourth-order valence-electron chi connectivity index (χ4n) is 4.52. The first kappa shape index (κ1) is 18.2. The van der Waals surface area contributed by atoms with Crippen LogP contribution in [-0.2, 0) is 4.79 Å². The molecule has 2 heterocycles. The minimum Gasteiger partial charge on any atom is -0.338 e. The SMILES string of the molecule is CN1C(=O)C(CN2CCCCC2)CC1c1ccc(-c2ccccc2F)cc1. The van der Waals surface area contributed by atoms with Crippen LogP contribution < -0.4 is 0 Å². The van der Waals surface area contributed by atoms with Crippen LogP contribution in [0.3, 0.4) is 0 Å². The molecular formula is C23H27FN2O. The summed E-state index contributed by atoms with van der Waals surface area (Å²) in [4.78, 5) is 17.1. The third kappa shape index (κ3) is 3.77. The van der Waals surface area contributed by atoms with Crippen LogP contribution >= 0.6 is 0 Å². The molecule has 2 saturated heterocycles. The van der Waals surface area contributed by atoms with E-state index in [4.69, 9.17) is 0 Å². The van der Waals surface area contributed by atoms with Crippen LogP contribution in [0.5, 0.6) is 0 Å². The molecular weight excluding hydrogens is 339 g/mol. The Morgan fingerprint density at radius 3 is 2.41 bits per heavy atom. The highest BCUT2D eigenvalue weighted by molar-refractivity contribution is 5.81. The molecule has 0 bridgehead atoms.